The highest BCUT2D eigenvalue weighted by molar-refractivity contribution is 6.31. The first-order valence-electron chi connectivity index (χ1n) is 5.66. The minimum atomic E-state index is -0.338. The Balaban J connectivity index is 2.75. The van der Waals surface area contributed by atoms with Gasteiger partial charge in [0.25, 0.3) is 0 Å². The normalized spacial score (nSPS) is 14.1. The van der Waals surface area contributed by atoms with Crippen molar-refractivity contribution < 1.29 is 4.39 Å². The molecular weight excluding hydrogens is 239 g/mol. The summed E-state index contributed by atoms with van der Waals surface area (Å²) in [6, 6.07) is 6.65. The zero-order valence-corrected chi connectivity index (χ0v) is 10.8. The number of hydrogen-bond donors (Lipinski definition) is 1. The van der Waals surface area contributed by atoms with Crippen LogP contribution in [0.4, 0.5) is 4.39 Å². The number of nitrogens with one attached hydrogen (secondary N) is 1. The molecule has 0 saturated carbocycles. The van der Waals surface area contributed by atoms with E-state index in [1.54, 1.807) is 6.07 Å². The Morgan fingerprint density at radius 2 is 2.24 bits per heavy atom. The summed E-state index contributed by atoms with van der Waals surface area (Å²) in [5.74, 6) is -0.338. The minimum Gasteiger partial charge on any atom is -0.306 e. The highest BCUT2D eigenvalue weighted by atomic mass is 35.5. The fourth-order valence-corrected chi connectivity index (χ4v) is 2.06. The quantitative estimate of drug-likeness (QED) is 0.867. The molecule has 4 heteroatoms. The average Bonchev–Trinajstić information content (AvgIpc) is 2.28. The van der Waals surface area contributed by atoms with E-state index in [2.05, 4.69) is 11.4 Å². The zero-order valence-electron chi connectivity index (χ0n) is 10.0. The van der Waals surface area contributed by atoms with Gasteiger partial charge in [0, 0.05) is 17.1 Å². The monoisotopic (exact) mass is 254 g/mol. The van der Waals surface area contributed by atoms with Crippen LogP contribution in [0.5, 0.6) is 0 Å². The Labute approximate surface area is 106 Å². The molecule has 0 amide bonds. The predicted octanol–water partition coefficient (Wildman–Crippen LogP) is 3.82. The van der Waals surface area contributed by atoms with Crippen molar-refractivity contribution in [3.05, 3.63) is 34.6 Å². The van der Waals surface area contributed by atoms with E-state index in [0.717, 1.165) is 12.0 Å². The van der Waals surface area contributed by atoms with Gasteiger partial charge in [-0.1, -0.05) is 24.6 Å². The number of nitriles is 1. The van der Waals surface area contributed by atoms with Gasteiger partial charge < -0.3 is 5.32 Å². The fraction of sp³-hybridized carbons (Fsp3) is 0.462. The Hall–Kier alpha value is -1.11. The predicted molar refractivity (Wildman–Crippen MR) is 67.3 cm³/mol. The summed E-state index contributed by atoms with van der Waals surface area (Å²) < 4.78 is 12.9. The fourth-order valence-electron chi connectivity index (χ4n) is 1.73. The summed E-state index contributed by atoms with van der Waals surface area (Å²) in [7, 11) is 0. The van der Waals surface area contributed by atoms with E-state index in [4.69, 9.17) is 16.9 Å². The van der Waals surface area contributed by atoms with Gasteiger partial charge in [-0.3, -0.25) is 0 Å². The van der Waals surface area contributed by atoms with Crippen LogP contribution >= 0.6 is 11.6 Å². The Morgan fingerprint density at radius 3 is 2.76 bits per heavy atom. The van der Waals surface area contributed by atoms with E-state index in [-0.39, 0.29) is 17.9 Å². The van der Waals surface area contributed by atoms with E-state index in [1.807, 2.05) is 13.8 Å². The molecule has 0 aliphatic carbocycles. The summed E-state index contributed by atoms with van der Waals surface area (Å²) in [5, 5.41) is 12.4. The zero-order chi connectivity index (χ0) is 12.8. The van der Waals surface area contributed by atoms with Gasteiger partial charge in [-0.15, -0.1) is 0 Å². The largest absolute Gasteiger partial charge is 0.306 e. The number of halogens is 2. The van der Waals surface area contributed by atoms with E-state index in [1.165, 1.54) is 12.1 Å². The molecule has 0 bridgehead atoms. The van der Waals surface area contributed by atoms with Crippen molar-refractivity contribution >= 4 is 11.6 Å². The summed E-state index contributed by atoms with van der Waals surface area (Å²) in [6.07, 6.45) is 1.33. The molecule has 1 aromatic rings. The third kappa shape index (κ3) is 3.99. The molecule has 2 unspecified atom stereocenters. The number of rotatable bonds is 5. The van der Waals surface area contributed by atoms with Crippen molar-refractivity contribution in [1.29, 1.82) is 5.26 Å². The number of hydrogen-bond acceptors (Lipinski definition) is 2. The van der Waals surface area contributed by atoms with E-state index < -0.39 is 0 Å². The molecule has 2 nitrogen and oxygen atoms in total. The first-order chi connectivity index (χ1) is 8.08. The van der Waals surface area contributed by atoms with Crippen LogP contribution < -0.4 is 5.32 Å². The summed E-state index contributed by atoms with van der Waals surface area (Å²) in [6.45, 7) is 3.98. The summed E-state index contributed by atoms with van der Waals surface area (Å²) in [4.78, 5) is 0. The van der Waals surface area contributed by atoms with Gasteiger partial charge in [0.15, 0.2) is 0 Å². The van der Waals surface area contributed by atoms with Crippen molar-refractivity contribution in [2.24, 2.45) is 0 Å². The lowest BCUT2D eigenvalue weighted by atomic mass is 10.1. The van der Waals surface area contributed by atoms with Gasteiger partial charge in [0.05, 0.1) is 12.5 Å². The van der Waals surface area contributed by atoms with Gasteiger partial charge in [-0.2, -0.15) is 5.26 Å². The highest BCUT2D eigenvalue weighted by Gasteiger charge is 2.14. The molecule has 0 spiro atoms. The van der Waals surface area contributed by atoms with E-state index in [0.29, 0.717) is 11.4 Å². The second-order valence-corrected chi connectivity index (χ2v) is 4.43. The SMILES string of the molecule is CCC(CC#N)NC(C)c1ccc(F)cc1Cl. The maximum atomic E-state index is 12.9. The van der Waals surface area contributed by atoms with Crippen LogP contribution in [-0.2, 0) is 0 Å². The molecule has 17 heavy (non-hydrogen) atoms. The standard InChI is InChI=1S/C13H16ClFN2/c1-3-11(6-7-16)17-9(2)12-5-4-10(15)8-13(12)14/h4-5,8-9,11,17H,3,6H2,1-2H3. The van der Waals surface area contributed by atoms with Gasteiger partial charge in [0.2, 0.25) is 0 Å². The van der Waals surface area contributed by atoms with Crippen LogP contribution in [0.2, 0.25) is 5.02 Å². The first-order valence-corrected chi connectivity index (χ1v) is 6.04. The molecule has 0 saturated heterocycles. The molecule has 0 aliphatic rings. The average molecular weight is 255 g/mol. The van der Waals surface area contributed by atoms with E-state index >= 15 is 0 Å². The van der Waals surface area contributed by atoms with Crippen molar-refractivity contribution in [2.45, 2.75) is 38.8 Å². The third-order valence-electron chi connectivity index (χ3n) is 2.75. The lowest BCUT2D eigenvalue weighted by Gasteiger charge is -2.21. The Morgan fingerprint density at radius 1 is 1.53 bits per heavy atom. The molecule has 0 fully saturated rings. The molecule has 1 aromatic carbocycles. The van der Waals surface area contributed by atoms with Crippen molar-refractivity contribution in [2.75, 3.05) is 0 Å². The smallest absolute Gasteiger partial charge is 0.124 e. The Kier molecular flexibility index (Phi) is 5.40. The number of nitrogens with zero attached hydrogens (tertiary/aromatic N) is 1. The van der Waals surface area contributed by atoms with Gasteiger partial charge in [-0.05, 0) is 31.0 Å². The van der Waals surface area contributed by atoms with Crippen LogP contribution in [0.3, 0.4) is 0 Å². The summed E-state index contributed by atoms with van der Waals surface area (Å²) >= 11 is 5.98. The molecular formula is C13H16ClFN2. The van der Waals surface area contributed by atoms with Crippen LogP contribution in [-0.4, -0.2) is 6.04 Å². The minimum absolute atomic E-state index is 0.00130. The molecule has 2 atom stereocenters. The van der Waals surface area contributed by atoms with Crippen LogP contribution in [0.15, 0.2) is 18.2 Å². The van der Waals surface area contributed by atoms with Crippen LogP contribution in [0, 0.1) is 17.1 Å². The molecule has 0 heterocycles. The topological polar surface area (TPSA) is 35.8 Å². The second kappa shape index (κ2) is 6.58. The van der Waals surface area contributed by atoms with Gasteiger partial charge in [-0.25, -0.2) is 4.39 Å². The molecule has 92 valence electrons. The van der Waals surface area contributed by atoms with Crippen molar-refractivity contribution in [3.63, 3.8) is 0 Å². The van der Waals surface area contributed by atoms with Crippen LogP contribution in [0.25, 0.3) is 0 Å². The molecule has 0 radical (unpaired) electrons. The van der Waals surface area contributed by atoms with E-state index in [9.17, 15) is 4.39 Å². The molecule has 1 N–H and O–H groups in total. The summed E-state index contributed by atoms with van der Waals surface area (Å²) in [5.41, 5.74) is 0.851. The van der Waals surface area contributed by atoms with Gasteiger partial charge in [0.1, 0.15) is 5.82 Å². The van der Waals surface area contributed by atoms with Crippen molar-refractivity contribution in [1.82, 2.24) is 5.32 Å². The van der Waals surface area contributed by atoms with Gasteiger partial charge >= 0.3 is 0 Å². The lowest BCUT2D eigenvalue weighted by molar-refractivity contribution is 0.447. The maximum Gasteiger partial charge on any atom is 0.124 e. The van der Waals surface area contributed by atoms with Crippen molar-refractivity contribution in [3.8, 4) is 6.07 Å². The first kappa shape index (κ1) is 14.0. The maximum absolute atomic E-state index is 12.9. The lowest BCUT2D eigenvalue weighted by Crippen LogP contribution is -2.30. The molecule has 1 rings (SSSR count). The molecule has 0 aliphatic heterocycles. The van der Waals surface area contributed by atoms with Crippen LogP contribution in [0.1, 0.15) is 38.3 Å². The molecule has 0 aromatic heterocycles. The highest BCUT2D eigenvalue weighted by Crippen LogP contribution is 2.24. The number of benzene rings is 1. The Bertz CT molecular complexity index is 414. The second-order valence-electron chi connectivity index (χ2n) is 4.02. The third-order valence-corrected chi connectivity index (χ3v) is 3.07.